The molecule has 0 spiro atoms. The van der Waals surface area contributed by atoms with Gasteiger partial charge in [0.15, 0.2) is 0 Å². The lowest BCUT2D eigenvalue weighted by Crippen LogP contribution is -2.46. The molecule has 2 rings (SSSR count). The Morgan fingerprint density at radius 1 is 1.04 bits per heavy atom. The van der Waals surface area contributed by atoms with E-state index in [1.54, 1.807) is 12.1 Å². The van der Waals surface area contributed by atoms with Crippen LogP contribution in [0.25, 0.3) is 0 Å². The average molecular weight is 396 g/mol. The number of hydrogen-bond acceptors (Lipinski definition) is 4. The second-order valence-corrected chi connectivity index (χ2v) is 9.26. The summed E-state index contributed by atoms with van der Waals surface area (Å²) in [4.78, 5) is 24.0. The summed E-state index contributed by atoms with van der Waals surface area (Å²) in [6, 6.07) is 6.42. The van der Waals surface area contributed by atoms with Gasteiger partial charge in [-0.05, 0) is 31.4 Å². The maximum Gasteiger partial charge on any atom is 0.253 e. The van der Waals surface area contributed by atoms with E-state index in [1.165, 1.54) is 51.3 Å². The molecule has 1 aliphatic carbocycles. The van der Waals surface area contributed by atoms with Gasteiger partial charge in [0, 0.05) is 13.5 Å². The summed E-state index contributed by atoms with van der Waals surface area (Å²) >= 11 is 0. The van der Waals surface area contributed by atoms with Crippen molar-refractivity contribution in [3.63, 3.8) is 0 Å². The van der Waals surface area contributed by atoms with Gasteiger partial charge in [-0.1, -0.05) is 49.8 Å². The van der Waals surface area contributed by atoms with E-state index in [-0.39, 0.29) is 17.3 Å². The number of amides is 2. The van der Waals surface area contributed by atoms with Crippen molar-refractivity contribution < 1.29 is 18.0 Å². The van der Waals surface area contributed by atoms with E-state index in [4.69, 9.17) is 0 Å². The highest BCUT2D eigenvalue weighted by Gasteiger charge is 2.23. The van der Waals surface area contributed by atoms with E-state index in [9.17, 15) is 18.0 Å². The predicted octanol–water partition coefficient (Wildman–Crippen LogP) is 2.12. The van der Waals surface area contributed by atoms with Crippen LogP contribution in [0.2, 0.25) is 0 Å². The fourth-order valence-corrected chi connectivity index (χ4v) is 4.36. The molecule has 1 aromatic carbocycles. The number of aryl methyl sites for hydroxylation is 1. The lowest BCUT2D eigenvalue weighted by molar-refractivity contribution is -0.129. The number of sulfonamides is 1. The van der Waals surface area contributed by atoms with Crippen molar-refractivity contribution in [3.8, 4) is 0 Å². The largest absolute Gasteiger partial charge is 0.273 e. The van der Waals surface area contributed by atoms with Gasteiger partial charge in [0.05, 0.1) is 11.4 Å². The van der Waals surface area contributed by atoms with Gasteiger partial charge in [-0.2, -0.15) is 4.31 Å². The quantitative estimate of drug-likeness (QED) is 0.691. The van der Waals surface area contributed by atoms with Gasteiger partial charge in [-0.15, -0.1) is 0 Å². The number of likely N-dealkylation sites (N-methyl/N-ethyl adjacent to an activating group) is 1. The van der Waals surface area contributed by atoms with E-state index in [1.807, 2.05) is 6.92 Å². The Hall–Kier alpha value is -1.93. The van der Waals surface area contributed by atoms with Crippen molar-refractivity contribution in [2.75, 3.05) is 13.6 Å². The summed E-state index contributed by atoms with van der Waals surface area (Å²) in [5.74, 6) is -0.247. The van der Waals surface area contributed by atoms with Gasteiger partial charge < -0.3 is 0 Å². The maximum atomic E-state index is 12.5. The summed E-state index contributed by atoms with van der Waals surface area (Å²) in [7, 11) is -2.42. The highest BCUT2D eigenvalue weighted by atomic mass is 32.2. The van der Waals surface area contributed by atoms with Gasteiger partial charge in [0.25, 0.3) is 5.91 Å². The van der Waals surface area contributed by atoms with Crippen molar-refractivity contribution in [3.05, 3.63) is 29.8 Å². The van der Waals surface area contributed by atoms with Crippen molar-refractivity contribution in [2.24, 2.45) is 5.92 Å². The Balaban J connectivity index is 1.75. The highest BCUT2D eigenvalue weighted by Crippen LogP contribution is 2.27. The first-order valence-corrected chi connectivity index (χ1v) is 10.8. The molecule has 0 unspecified atom stereocenters. The van der Waals surface area contributed by atoms with Gasteiger partial charge >= 0.3 is 0 Å². The molecular formula is C19H29N3O4S. The third kappa shape index (κ3) is 6.62. The first-order chi connectivity index (χ1) is 12.8. The number of hydrogen-bond donors (Lipinski definition) is 2. The minimum Gasteiger partial charge on any atom is -0.273 e. The first kappa shape index (κ1) is 21.4. The second-order valence-electron chi connectivity index (χ2n) is 7.21. The fourth-order valence-electron chi connectivity index (χ4n) is 3.23. The Labute approximate surface area is 161 Å². The molecule has 2 N–H and O–H groups in total. The summed E-state index contributed by atoms with van der Waals surface area (Å²) in [5, 5.41) is 0. The minimum atomic E-state index is -3.75. The molecule has 0 aromatic heterocycles. The van der Waals surface area contributed by atoms with Crippen LogP contribution in [0.5, 0.6) is 0 Å². The Bertz CT molecular complexity index is 741. The summed E-state index contributed by atoms with van der Waals surface area (Å²) in [5.41, 5.74) is 5.60. The average Bonchev–Trinajstić information content (AvgIpc) is 2.66. The van der Waals surface area contributed by atoms with E-state index in [2.05, 4.69) is 10.9 Å². The van der Waals surface area contributed by atoms with E-state index >= 15 is 0 Å². The number of carbonyl (C=O) groups excluding carboxylic acids is 2. The SMILES string of the molecule is Cc1ccc(S(=O)(=O)N(C)CC(=O)NNC(=O)CCC2CCCCC2)cc1. The molecule has 0 aliphatic heterocycles. The number of benzene rings is 1. The minimum absolute atomic E-state index is 0.125. The molecule has 0 heterocycles. The summed E-state index contributed by atoms with van der Waals surface area (Å²) in [6.07, 6.45) is 7.25. The third-order valence-electron chi connectivity index (χ3n) is 4.94. The number of nitrogens with zero attached hydrogens (tertiary/aromatic N) is 1. The van der Waals surface area contributed by atoms with Gasteiger partial charge in [-0.25, -0.2) is 8.42 Å². The van der Waals surface area contributed by atoms with E-state index in [0.29, 0.717) is 12.3 Å². The van der Waals surface area contributed by atoms with Crippen molar-refractivity contribution >= 4 is 21.8 Å². The van der Waals surface area contributed by atoms with Crippen LogP contribution in [-0.4, -0.2) is 38.1 Å². The molecule has 8 heteroatoms. The molecule has 1 fully saturated rings. The molecule has 7 nitrogen and oxygen atoms in total. The van der Waals surface area contributed by atoms with Crippen molar-refractivity contribution in [1.82, 2.24) is 15.2 Å². The smallest absolute Gasteiger partial charge is 0.253 e. The number of rotatable bonds is 7. The zero-order chi connectivity index (χ0) is 19.9. The van der Waals surface area contributed by atoms with E-state index < -0.39 is 15.9 Å². The van der Waals surface area contributed by atoms with Crippen LogP contribution >= 0.6 is 0 Å². The van der Waals surface area contributed by atoms with Crippen molar-refractivity contribution in [1.29, 1.82) is 0 Å². The molecular weight excluding hydrogens is 366 g/mol. The fraction of sp³-hybridized carbons (Fsp3) is 0.579. The Morgan fingerprint density at radius 2 is 1.63 bits per heavy atom. The van der Waals surface area contributed by atoms with Crippen LogP contribution in [0.3, 0.4) is 0 Å². The molecule has 1 saturated carbocycles. The molecule has 0 saturated heterocycles. The van der Waals surface area contributed by atoms with Crippen LogP contribution < -0.4 is 10.9 Å². The van der Waals surface area contributed by atoms with Crippen LogP contribution in [0.4, 0.5) is 0 Å². The molecule has 150 valence electrons. The number of hydrazine groups is 1. The molecule has 1 aliphatic rings. The lowest BCUT2D eigenvalue weighted by atomic mass is 9.86. The number of nitrogens with one attached hydrogen (secondary N) is 2. The molecule has 2 amide bonds. The van der Waals surface area contributed by atoms with Gasteiger partial charge in [-0.3, -0.25) is 20.4 Å². The summed E-state index contributed by atoms with van der Waals surface area (Å²) < 4.78 is 25.9. The maximum absolute atomic E-state index is 12.5. The molecule has 1 aromatic rings. The third-order valence-corrected chi connectivity index (χ3v) is 6.76. The molecule has 0 atom stereocenters. The summed E-state index contributed by atoms with van der Waals surface area (Å²) in [6.45, 7) is 1.49. The van der Waals surface area contributed by atoms with Gasteiger partial charge in [0.2, 0.25) is 15.9 Å². The zero-order valence-corrected chi connectivity index (χ0v) is 16.8. The van der Waals surface area contributed by atoms with Gasteiger partial charge in [0.1, 0.15) is 0 Å². The number of carbonyl (C=O) groups is 2. The monoisotopic (exact) mass is 395 g/mol. The predicted molar refractivity (Wildman–Crippen MR) is 103 cm³/mol. The lowest BCUT2D eigenvalue weighted by Gasteiger charge is -2.21. The Kier molecular flexibility index (Phi) is 7.79. The normalized spacial score (nSPS) is 15.5. The van der Waals surface area contributed by atoms with Crippen LogP contribution in [0.15, 0.2) is 29.2 Å². The zero-order valence-electron chi connectivity index (χ0n) is 16.0. The first-order valence-electron chi connectivity index (χ1n) is 9.39. The second kappa shape index (κ2) is 9.85. The van der Waals surface area contributed by atoms with Crippen LogP contribution in [0.1, 0.15) is 50.5 Å². The molecule has 27 heavy (non-hydrogen) atoms. The Morgan fingerprint density at radius 3 is 2.26 bits per heavy atom. The standard InChI is InChI=1S/C19H29N3O4S/c1-15-8-11-17(12-9-15)27(25,26)22(2)14-19(24)21-20-18(23)13-10-16-6-4-3-5-7-16/h8-9,11-12,16H,3-7,10,13-14H2,1-2H3,(H,20,23)(H,21,24). The van der Waals surface area contributed by atoms with Crippen LogP contribution in [-0.2, 0) is 19.6 Å². The van der Waals surface area contributed by atoms with Crippen molar-refractivity contribution in [2.45, 2.75) is 56.8 Å². The molecule has 0 bridgehead atoms. The molecule has 0 radical (unpaired) electrons. The van der Waals surface area contributed by atoms with E-state index in [0.717, 1.165) is 16.3 Å². The van der Waals surface area contributed by atoms with Crippen LogP contribution in [0, 0.1) is 12.8 Å². The topological polar surface area (TPSA) is 95.6 Å². The highest BCUT2D eigenvalue weighted by molar-refractivity contribution is 7.89.